The fourth-order valence-corrected chi connectivity index (χ4v) is 1.90. The van der Waals surface area contributed by atoms with Crippen molar-refractivity contribution >= 4 is 21.9 Å². The molecule has 1 unspecified atom stereocenters. The second-order valence-corrected chi connectivity index (χ2v) is 4.51. The summed E-state index contributed by atoms with van der Waals surface area (Å²) < 4.78 is 1.00. The molecule has 0 aromatic heterocycles. The van der Waals surface area contributed by atoms with Crippen LogP contribution in [-0.2, 0) is 11.3 Å². The van der Waals surface area contributed by atoms with Crippen LogP contribution in [0.2, 0.25) is 0 Å². The summed E-state index contributed by atoms with van der Waals surface area (Å²) in [4.78, 5) is 10.9. The van der Waals surface area contributed by atoms with Gasteiger partial charge in [-0.05, 0) is 18.1 Å². The molecule has 0 fully saturated rings. The van der Waals surface area contributed by atoms with Crippen LogP contribution >= 0.6 is 15.9 Å². The summed E-state index contributed by atoms with van der Waals surface area (Å²) in [5.41, 5.74) is 1.07. The molecule has 1 rings (SSSR count). The summed E-state index contributed by atoms with van der Waals surface area (Å²) in [6, 6.07) is 7.34. The number of nitrogens with one attached hydrogen (secondary N) is 1. The van der Waals surface area contributed by atoms with E-state index in [2.05, 4.69) is 21.2 Å². The maximum atomic E-state index is 10.9. The van der Waals surface area contributed by atoms with Crippen LogP contribution in [0.15, 0.2) is 28.7 Å². The third kappa shape index (κ3) is 3.94. The first-order chi connectivity index (χ1) is 7.65. The van der Waals surface area contributed by atoms with Gasteiger partial charge in [-0.1, -0.05) is 47.5 Å². The van der Waals surface area contributed by atoms with Crippen molar-refractivity contribution in [3.8, 4) is 0 Å². The van der Waals surface area contributed by atoms with Gasteiger partial charge in [-0.25, -0.2) is 0 Å². The Balaban J connectivity index is 2.55. The molecular formula is C12H16BrNO2. The van der Waals surface area contributed by atoms with Gasteiger partial charge in [0.15, 0.2) is 0 Å². The fourth-order valence-electron chi connectivity index (χ4n) is 1.48. The van der Waals surface area contributed by atoms with Crippen molar-refractivity contribution in [3.05, 3.63) is 34.3 Å². The molecule has 1 aromatic rings. The molecule has 4 heteroatoms. The minimum atomic E-state index is -0.783. The van der Waals surface area contributed by atoms with Crippen LogP contribution in [0.4, 0.5) is 0 Å². The quantitative estimate of drug-likeness (QED) is 0.845. The Kier molecular flexibility index (Phi) is 5.49. The van der Waals surface area contributed by atoms with Crippen LogP contribution in [-0.4, -0.2) is 17.1 Å². The molecule has 88 valence electrons. The largest absolute Gasteiger partial charge is 0.480 e. The van der Waals surface area contributed by atoms with Gasteiger partial charge >= 0.3 is 5.97 Å². The summed E-state index contributed by atoms with van der Waals surface area (Å²) in [5, 5.41) is 12.0. The first-order valence-corrected chi connectivity index (χ1v) is 6.14. The standard InChI is InChI=1S/C12H16BrNO2/c1-2-5-11(12(15)16)14-8-9-6-3-4-7-10(9)13/h3-4,6-7,11,14H,2,5,8H2,1H3,(H,15,16). The molecule has 0 spiro atoms. The highest BCUT2D eigenvalue weighted by Crippen LogP contribution is 2.15. The molecule has 0 saturated carbocycles. The van der Waals surface area contributed by atoms with Gasteiger partial charge in [-0.3, -0.25) is 4.79 Å². The van der Waals surface area contributed by atoms with Crippen molar-refractivity contribution in [1.29, 1.82) is 0 Å². The van der Waals surface area contributed by atoms with Crippen molar-refractivity contribution in [2.75, 3.05) is 0 Å². The Morgan fingerprint density at radius 1 is 1.50 bits per heavy atom. The number of halogens is 1. The Morgan fingerprint density at radius 3 is 2.75 bits per heavy atom. The van der Waals surface area contributed by atoms with Gasteiger partial charge in [0.2, 0.25) is 0 Å². The summed E-state index contributed by atoms with van der Waals surface area (Å²) in [6.45, 7) is 2.55. The molecule has 0 radical (unpaired) electrons. The number of hydrogen-bond acceptors (Lipinski definition) is 2. The SMILES string of the molecule is CCCC(NCc1ccccc1Br)C(=O)O. The Bertz CT molecular complexity index is 355. The zero-order chi connectivity index (χ0) is 12.0. The molecule has 16 heavy (non-hydrogen) atoms. The van der Waals surface area contributed by atoms with Gasteiger partial charge in [0.1, 0.15) is 6.04 Å². The molecule has 0 aliphatic rings. The first kappa shape index (κ1) is 13.2. The summed E-state index contributed by atoms with van der Waals surface area (Å²) in [6.07, 6.45) is 1.51. The van der Waals surface area contributed by atoms with Crippen LogP contribution in [0.25, 0.3) is 0 Å². The average Bonchev–Trinajstić information content (AvgIpc) is 2.26. The van der Waals surface area contributed by atoms with Crippen LogP contribution < -0.4 is 5.32 Å². The van der Waals surface area contributed by atoms with Crippen molar-refractivity contribution in [2.24, 2.45) is 0 Å². The van der Waals surface area contributed by atoms with Gasteiger partial charge in [0.25, 0.3) is 0 Å². The number of hydrogen-bond donors (Lipinski definition) is 2. The van der Waals surface area contributed by atoms with Crippen LogP contribution in [0.5, 0.6) is 0 Å². The molecule has 1 aromatic carbocycles. The van der Waals surface area contributed by atoms with Crippen LogP contribution in [0.3, 0.4) is 0 Å². The summed E-state index contributed by atoms with van der Waals surface area (Å²) in [5.74, 6) is -0.783. The van der Waals surface area contributed by atoms with E-state index >= 15 is 0 Å². The molecule has 0 amide bonds. The lowest BCUT2D eigenvalue weighted by molar-refractivity contribution is -0.139. The van der Waals surface area contributed by atoms with E-state index in [1.54, 1.807) is 0 Å². The number of benzene rings is 1. The minimum absolute atomic E-state index is 0.461. The smallest absolute Gasteiger partial charge is 0.320 e. The molecule has 0 heterocycles. The third-order valence-electron chi connectivity index (χ3n) is 2.37. The van der Waals surface area contributed by atoms with E-state index in [4.69, 9.17) is 5.11 Å². The maximum Gasteiger partial charge on any atom is 0.320 e. The molecule has 3 nitrogen and oxygen atoms in total. The summed E-state index contributed by atoms with van der Waals surface area (Å²) >= 11 is 3.43. The average molecular weight is 286 g/mol. The molecular weight excluding hydrogens is 270 g/mol. The van der Waals surface area contributed by atoms with Gasteiger partial charge in [0, 0.05) is 11.0 Å². The number of carboxylic acids is 1. The zero-order valence-electron chi connectivity index (χ0n) is 9.24. The van der Waals surface area contributed by atoms with E-state index in [0.29, 0.717) is 13.0 Å². The normalized spacial score (nSPS) is 12.4. The maximum absolute atomic E-state index is 10.9. The highest BCUT2D eigenvalue weighted by molar-refractivity contribution is 9.10. The predicted octanol–water partition coefficient (Wildman–Crippen LogP) is 2.79. The number of carbonyl (C=O) groups is 1. The van der Waals surface area contributed by atoms with Crippen LogP contribution in [0, 0.1) is 0 Å². The molecule has 0 aliphatic carbocycles. The lowest BCUT2D eigenvalue weighted by atomic mass is 10.1. The predicted molar refractivity (Wildman–Crippen MR) is 67.3 cm³/mol. The molecule has 0 bridgehead atoms. The molecule has 2 N–H and O–H groups in total. The number of rotatable bonds is 6. The van der Waals surface area contributed by atoms with E-state index in [9.17, 15) is 4.79 Å². The zero-order valence-corrected chi connectivity index (χ0v) is 10.8. The van der Waals surface area contributed by atoms with Crippen molar-refractivity contribution in [1.82, 2.24) is 5.32 Å². The van der Waals surface area contributed by atoms with E-state index in [1.165, 1.54) is 0 Å². The Labute approximate surface area is 104 Å². The van der Waals surface area contributed by atoms with Gasteiger partial charge in [-0.15, -0.1) is 0 Å². The fraction of sp³-hybridized carbons (Fsp3) is 0.417. The topological polar surface area (TPSA) is 49.3 Å². The molecule has 0 aliphatic heterocycles. The van der Waals surface area contributed by atoms with Gasteiger partial charge < -0.3 is 10.4 Å². The first-order valence-electron chi connectivity index (χ1n) is 5.34. The van der Waals surface area contributed by atoms with Gasteiger partial charge in [0.05, 0.1) is 0 Å². The second kappa shape index (κ2) is 6.66. The van der Waals surface area contributed by atoms with Gasteiger partial charge in [-0.2, -0.15) is 0 Å². The van der Waals surface area contributed by atoms with Crippen molar-refractivity contribution < 1.29 is 9.90 Å². The number of aliphatic carboxylic acids is 1. The monoisotopic (exact) mass is 285 g/mol. The lowest BCUT2D eigenvalue weighted by Crippen LogP contribution is -2.36. The van der Waals surface area contributed by atoms with E-state index in [-0.39, 0.29) is 0 Å². The lowest BCUT2D eigenvalue weighted by Gasteiger charge is -2.14. The highest BCUT2D eigenvalue weighted by atomic mass is 79.9. The second-order valence-electron chi connectivity index (χ2n) is 3.65. The highest BCUT2D eigenvalue weighted by Gasteiger charge is 2.15. The third-order valence-corrected chi connectivity index (χ3v) is 3.15. The molecule has 1 atom stereocenters. The Morgan fingerprint density at radius 2 is 2.19 bits per heavy atom. The Hall–Kier alpha value is -0.870. The van der Waals surface area contributed by atoms with E-state index in [0.717, 1.165) is 16.5 Å². The number of carboxylic acid groups (broad SMARTS) is 1. The van der Waals surface area contributed by atoms with E-state index < -0.39 is 12.0 Å². The summed E-state index contributed by atoms with van der Waals surface area (Å²) in [7, 11) is 0. The minimum Gasteiger partial charge on any atom is -0.480 e. The van der Waals surface area contributed by atoms with E-state index in [1.807, 2.05) is 31.2 Å². The molecule has 0 saturated heterocycles. The van der Waals surface area contributed by atoms with Crippen LogP contribution in [0.1, 0.15) is 25.3 Å². The van der Waals surface area contributed by atoms with Crippen molar-refractivity contribution in [2.45, 2.75) is 32.4 Å². The van der Waals surface area contributed by atoms with Crippen molar-refractivity contribution in [3.63, 3.8) is 0 Å².